The van der Waals surface area contributed by atoms with Gasteiger partial charge in [-0.3, -0.25) is 4.79 Å². The fraction of sp³-hybridized carbons (Fsp3) is 0.933. The number of nitrogens with two attached hydrogens (primary N) is 1. The smallest absolute Gasteiger partial charge is 0.311 e. The highest BCUT2D eigenvalue weighted by atomic mass is 16.5. The van der Waals surface area contributed by atoms with Crippen molar-refractivity contribution in [2.45, 2.75) is 76.4 Å². The maximum atomic E-state index is 11.5. The summed E-state index contributed by atoms with van der Waals surface area (Å²) in [6, 6.07) is 0. The number of hydrogen-bond acceptors (Lipinski definition) is 3. The number of ether oxygens (including phenoxy) is 1. The summed E-state index contributed by atoms with van der Waals surface area (Å²) < 4.78 is 6.28. The molecule has 3 N–H and O–H groups in total. The van der Waals surface area contributed by atoms with E-state index in [-0.39, 0.29) is 18.2 Å². The molecular weight excluding hydrogens is 242 g/mol. The molecule has 1 heterocycles. The van der Waals surface area contributed by atoms with Crippen LogP contribution in [0.1, 0.15) is 64.7 Å². The number of carboxylic acid groups (broad SMARTS) is 1. The average molecular weight is 269 g/mol. The van der Waals surface area contributed by atoms with Crippen LogP contribution in [0.4, 0.5) is 0 Å². The highest BCUT2D eigenvalue weighted by molar-refractivity contribution is 5.75. The summed E-state index contributed by atoms with van der Waals surface area (Å²) in [4.78, 5) is 11.5. The van der Waals surface area contributed by atoms with Crippen molar-refractivity contribution in [3.63, 3.8) is 0 Å². The zero-order chi connectivity index (χ0) is 13.9. The molecule has 0 aromatic rings. The van der Waals surface area contributed by atoms with E-state index in [4.69, 9.17) is 10.5 Å². The van der Waals surface area contributed by atoms with Crippen LogP contribution in [0.5, 0.6) is 0 Å². The van der Waals surface area contributed by atoms with Crippen LogP contribution in [0.3, 0.4) is 0 Å². The normalized spacial score (nSPS) is 29.3. The Morgan fingerprint density at radius 1 is 1.37 bits per heavy atom. The zero-order valence-corrected chi connectivity index (χ0v) is 12.0. The third-order valence-corrected chi connectivity index (χ3v) is 5.24. The molecule has 1 saturated heterocycles. The van der Waals surface area contributed by atoms with Gasteiger partial charge in [-0.25, -0.2) is 0 Å². The van der Waals surface area contributed by atoms with Gasteiger partial charge in [-0.2, -0.15) is 0 Å². The van der Waals surface area contributed by atoms with Crippen molar-refractivity contribution < 1.29 is 14.6 Å². The molecule has 2 unspecified atom stereocenters. The van der Waals surface area contributed by atoms with Crippen LogP contribution in [-0.2, 0) is 9.53 Å². The van der Waals surface area contributed by atoms with Gasteiger partial charge in [0.2, 0.25) is 0 Å². The van der Waals surface area contributed by atoms with E-state index >= 15 is 0 Å². The van der Waals surface area contributed by atoms with E-state index in [2.05, 4.69) is 0 Å². The van der Waals surface area contributed by atoms with Gasteiger partial charge >= 0.3 is 5.97 Å². The first-order valence-corrected chi connectivity index (χ1v) is 7.67. The molecule has 2 fully saturated rings. The third kappa shape index (κ3) is 2.95. The molecule has 0 aromatic heterocycles. The summed E-state index contributed by atoms with van der Waals surface area (Å²) >= 11 is 0. The molecule has 4 heteroatoms. The van der Waals surface area contributed by atoms with Crippen molar-refractivity contribution in [3.8, 4) is 0 Å². The number of rotatable bonds is 5. The second-order valence-electron chi connectivity index (χ2n) is 6.37. The summed E-state index contributed by atoms with van der Waals surface area (Å²) in [5, 5.41) is 9.45. The van der Waals surface area contributed by atoms with Gasteiger partial charge in [-0.1, -0.05) is 26.2 Å². The Balaban J connectivity index is 1.98. The molecule has 0 amide bonds. The van der Waals surface area contributed by atoms with Crippen LogP contribution >= 0.6 is 0 Å². The summed E-state index contributed by atoms with van der Waals surface area (Å²) in [5.74, 6) is -0.773. The lowest BCUT2D eigenvalue weighted by atomic mass is 9.79. The maximum absolute atomic E-state index is 11.5. The molecule has 19 heavy (non-hydrogen) atoms. The minimum atomic E-state index is -0.801. The Labute approximate surface area is 115 Å². The molecule has 0 radical (unpaired) electrons. The molecule has 2 aliphatic rings. The Bertz CT molecular complexity index is 319. The van der Waals surface area contributed by atoms with Crippen LogP contribution in [0, 0.1) is 5.41 Å². The highest BCUT2D eigenvalue weighted by Gasteiger charge is 2.45. The highest BCUT2D eigenvalue weighted by Crippen LogP contribution is 2.44. The standard InChI is InChI=1S/C15H27NO3/c1-2-14(11-16,13(17)18)10-12-6-9-15(19-12)7-4-3-5-8-15/h12H,2-11,16H2,1H3,(H,17,18). The van der Waals surface area contributed by atoms with Gasteiger partial charge in [0.05, 0.1) is 17.1 Å². The second-order valence-corrected chi connectivity index (χ2v) is 6.37. The van der Waals surface area contributed by atoms with Crippen molar-refractivity contribution in [2.24, 2.45) is 11.1 Å². The molecule has 1 saturated carbocycles. The van der Waals surface area contributed by atoms with Gasteiger partial charge in [0.25, 0.3) is 0 Å². The van der Waals surface area contributed by atoms with Crippen LogP contribution in [0.25, 0.3) is 0 Å². The van der Waals surface area contributed by atoms with Crippen LogP contribution < -0.4 is 5.73 Å². The second kappa shape index (κ2) is 5.80. The van der Waals surface area contributed by atoms with Crippen molar-refractivity contribution in [3.05, 3.63) is 0 Å². The quantitative estimate of drug-likeness (QED) is 0.805. The minimum Gasteiger partial charge on any atom is -0.481 e. The van der Waals surface area contributed by atoms with Crippen molar-refractivity contribution in [1.29, 1.82) is 0 Å². The van der Waals surface area contributed by atoms with Crippen LogP contribution in [0.2, 0.25) is 0 Å². The third-order valence-electron chi connectivity index (χ3n) is 5.24. The average Bonchev–Trinajstić information content (AvgIpc) is 2.79. The monoisotopic (exact) mass is 269 g/mol. The first-order chi connectivity index (χ1) is 9.06. The van der Waals surface area contributed by atoms with E-state index in [0.29, 0.717) is 12.8 Å². The molecule has 0 aromatic carbocycles. The fourth-order valence-electron chi connectivity index (χ4n) is 3.74. The van der Waals surface area contributed by atoms with Crippen molar-refractivity contribution >= 4 is 5.97 Å². The van der Waals surface area contributed by atoms with E-state index in [1.54, 1.807) is 0 Å². The van der Waals surface area contributed by atoms with E-state index in [1.165, 1.54) is 19.3 Å². The molecule has 110 valence electrons. The lowest BCUT2D eigenvalue weighted by Crippen LogP contribution is -2.41. The Morgan fingerprint density at radius 2 is 2.05 bits per heavy atom. The molecule has 1 aliphatic heterocycles. The molecule has 4 nitrogen and oxygen atoms in total. The summed E-state index contributed by atoms with van der Waals surface area (Å²) in [6.45, 7) is 2.11. The SMILES string of the molecule is CCC(CN)(CC1CCC2(CCCCC2)O1)C(=O)O. The van der Waals surface area contributed by atoms with Crippen molar-refractivity contribution in [1.82, 2.24) is 0 Å². The van der Waals surface area contributed by atoms with E-state index < -0.39 is 11.4 Å². The van der Waals surface area contributed by atoms with Crippen LogP contribution in [0.15, 0.2) is 0 Å². The Morgan fingerprint density at radius 3 is 2.58 bits per heavy atom. The number of carboxylic acids is 1. The lowest BCUT2D eigenvalue weighted by molar-refractivity contribution is -0.152. The maximum Gasteiger partial charge on any atom is 0.311 e. The Hall–Kier alpha value is -0.610. The molecular formula is C15H27NO3. The lowest BCUT2D eigenvalue weighted by Gasteiger charge is -2.35. The predicted molar refractivity (Wildman–Crippen MR) is 74.0 cm³/mol. The summed E-state index contributed by atoms with van der Waals surface area (Å²) in [5.41, 5.74) is 5.00. The van der Waals surface area contributed by atoms with Crippen molar-refractivity contribution in [2.75, 3.05) is 6.54 Å². The molecule has 2 rings (SSSR count). The minimum absolute atomic E-state index is 0.0650. The van der Waals surface area contributed by atoms with Gasteiger partial charge in [-0.05, 0) is 38.5 Å². The first kappa shape index (κ1) is 14.8. The van der Waals surface area contributed by atoms with E-state index in [1.807, 2.05) is 6.92 Å². The number of carbonyl (C=O) groups is 1. The number of aliphatic carboxylic acids is 1. The largest absolute Gasteiger partial charge is 0.481 e. The van der Waals surface area contributed by atoms with Gasteiger partial charge in [-0.15, -0.1) is 0 Å². The topological polar surface area (TPSA) is 72.5 Å². The summed E-state index contributed by atoms with van der Waals surface area (Å²) in [7, 11) is 0. The van der Waals surface area contributed by atoms with Gasteiger partial charge in [0.1, 0.15) is 0 Å². The molecule has 2 atom stereocenters. The van der Waals surface area contributed by atoms with Gasteiger partial charge < -0.3 is 15.6 Å². The number of hydrogen-bond donors (Lipinski definition) is 2. The molecule has 1 spiro atoms. The van der Waals surface area contributed by atoms with E-state index in [9.17, 15) is 9.90 Å². The molecule has 0 bridgehead atoms. The summed E-state index contributed by atoms with van der Waals surface area (Å²) in [6.07, 6.45) is 9.43. The van der Waals surface area contributed by atoms with Gasteiger partial charge in [0.15, 0.2) is 0 Å². The fourth-order valence-corrected chi connectivity index (χ4v) is 3.74. The zero-order valence-electron chi connectivity index (χ0n) is 12.0. The van der Waals surface area contributed by atoms with E-state index in [0.717, 1.165) is 25.7 Å². The van der Waals surface area contributed by atoms with Gasteiger partial charge in [0, 0.05) is 6.54 Å². The molecule has 1 aliphatic carbocycles. The van der Waals surface area contributed by atoms with Crippen LogP contribution in [-0.4, -0.2) is 29.3 Å². The first-order valence-electron chi connectivity index (χ1n) is 7.67. The Kier molecular flexibility index (Phi) is 4.51. The predicted octanol–water partition coefficient (Wildman–Crippen LogP) is 2.70.